The topological polar surface area (TPSA) is 17.1 Å². The Labute approximate surface area is 76.0 Å². The quantitative estimate of drug-likeness (QED) is 0.387. The number of aldehydes is 1. The molecule has 0 aliphatic heterocycles. The molecule has 0 bridgehead atoms. The Hall–Kier alpha value is -1.30. The smallest absolute Gasteiger partial charge is 0.158 e. The van der Waals surface area contributed by atoms with Gasteiger partial charge in [-0.2, -0.15) is 0 Å². The molecule has 0 saturated carbocycles. The summed E-state index contributed by atoms with van der Waals surface area (Å²) in [7, 11) is 0. The van der Waals surface area contributed by atoms with E-state index < -0.39 is 0 Å². The molecule has 0 unspecified atom stereocenters. The second-order valence-corrected chi connectivity index (χ2v) is 2.65. The lowest BCUT2D eigenvalue weighted by Gasteiger charge is -1.95. The highest BCUT2D eigenvalue weighted by Crippen LogP contribution is 2.14. The summed E-state index contributed by atoms with van der Waals surface area (Å²) in [6.45, 7) is 3.40. The average molecular weight is 179 g/mol. The normalized spacial score (nSPS) is 8.75. The van der Waals surface area contributed by atoms with Crippen LogP contribution in [0.25, 0.3) is 5.57 Å². The van der Waals surface area contributed by atoms with Crippen molar-refractivity contribution in [1.29, 1.82) is 0 Å². The Morgan fingerprint density at radius 1 is 1.42 bits per heavy atom. The van der Waals surface area contributed by atoms with Crippen molar-refractivity contribution in [3.8, 4) is 0 Å². The fourth-order valence-electron chi connectivity index (χ4n) is 0.841. The van der Waals surface area contributed by atoms with E-state index in [2.05, 4.69) is 12.3 Å². The van der Waals surface area contributed by atoms with Crippen LogP contribution < -0.4 is 0 Å². The maximum absolute atomic E-state index is 10.4. The van der Waals surface area contributed by atoms with E-state index >= 15 is 0 Å². The Bertz CT molecular complexity index is 331. The van der Waals surface area contributed by atoms with E-state index in [0.717, 1.165) is 11.8 Å². The number of hydrogen-bond acceptors (Lipinski definition) is 1. The maximum Gasteiger partial charge on any atom is 0.158 e. The molecule has 1 aromatic carbocycles. The molecule has 2 heteroatoms. The minimum absolute atomic E-state index is 0.451. The number of benzene rings is 1. The molecule has 1 nitrogen and oxygen atoms in total. The zero-order valence-corrected chi connectivity index (χ0v) is 7.14. The monoisotopic (exact) mass is 178 g/mol. The summed E-state index contributed by atoms with van der Waals surface area (Å²) in [5, 5.41) is 0.646. The molecule has 0 aliphatic carbocycles. The third-order valence-electron chi connectivity index (χ3n) is 1.46. The van der Waals surface area contributed by atoms with Crippen molar-refractivity contribution in [2.24, 2.45) is 0 Å². The Morgan fingerprint density at radius 2 is 2.00 bits per heavy atom. The molecule has 0 fully saturated rings. The van der Waals surface area contributed by atoms with E-state index in [1.54, 1.807) is 24.3 Å². The van der Waals surface area contributed by atoms with E-state index in [1.807, 2.05) is 0 Å². The number of allylic oxidation sites excluding steroid dienone is 1. The average Bonchev–Trinajstić information content (AvgIpc) is 2.10. The summed E-state index contributed by atoms with van der Waals surface area (Å²) >= 11 is 5.67. The molecule has 0 heterocycles. The second-order valence-electron chi connectivity index (χ2n) is 2.22. The first kappa shape index (κ1) is 8.79. The zero-order valence-electron chi connectivity index (χ0n) is 6.38. The highest BCUT2D eigenvalue weighted by Gasteiger charge is 1.97. The van der Waals surface area contributed by atoms with Crippen LogP contribution in [0.4, 0.5) is 0 Å². The van der Waals surface area contributed by atoms with Gasteiger partial charge in [-0.05, 0) is 17.7 Å². The van der Waals surface area contributed by atoms with Gasteiger partial charge in [-0.25, -0.2) is 0 Å². The van der Waals surface area contributed by atoms with E-state index in [-0.39, 0.29) is 0 Å². The van der Waals surface area contributed by atoms with Crippen molar-refractivity contribution in [2.45, 2.75) is 0 Å². The Kier molecular flexibility index (Phi) is 2.87. The van der Waals surface area contributed by atoms with Crippen molar-refractivity contribution in [3.05, 3.63) is 47.2 Å². The largest absolute Gasteiger partial charge is 0.297 e. The molecular weight excluding hydrogens is 172 g/mol. The lowest BCUT2D eigenvalue weighted by Crippen LogP contribution is -1.82. The first-order chi connectivity index (χ1) is 5.77. The lowest BCUT2D eigenvalue weighted by atomic mass is 10.1. The van der Waals surface area contributed by atoms with Gasteiger partial charge in [0.25, 0.3) is 0 Å². The molecule has 0 spiro atoms. The van der Waals surface area contributed by atoms with E-state index in [9.17, 15) is 4.79 Å². The maximum atomic E-state index is 10.4. The molecular formula is C10H7ClO. The van der Waals surface area contributed by atoms with E-state index in [1.165, 1.54) is 0 Å². The third-order valence-corrected chi connectivity index (χ3v) is 1.72. The number of rotatable bonds is 2. The fraction of sp³-hybridized carbons (Fsp3) is 0. The first-order valence-corrected chi connectivity index (χ1v) is 3.77. The predicted octanol–water partition coefficient (Wildman–Crippen LogP) is 2.71. The van der Waals surface area contributed by atoms with Crippen LogP contribution in [-0.2, 0) is 4.79 Å². The molecule has 0 N–H and O–H groups in total. The molecule has 0 aromatic heterocycles. The van der Waals surface area contributed by atoms with Crippen LogP contribution in [-0.4, -0.2) is 6.29 Å². The van der Waals surface area contributed by atoms with Gasteiger partial charge in [0.15, 0.2) is 6.29 Å². The number of hydrogen-bond donors (Lipinski definition) is 0. The summed E-state index contributed by atoms with van der Waals surface area (Å²) in [5.41, 5.74) is 3.78. The number of carbonyl (C=O) groups excluding carboxylic acids is 1. The van der Waals surface area contributed by atoms with Crippen molar-refractivity contribution in [3.63, 3.8) is 0 Å². The van der Waals surface area contributed by atoms with Crippen molar-refractivity contribution >= 4 is 23.5 Å². The van der Waals surface area contributed by atoms with Crippen LogP contribution in [0.3, 0.4) is 0 Å². The molecule has 0 amide bonds. The van der Waals surface area contributed by atoms with Gasteiger partial charge in [0.1, 0.15) is 0 Å². The van der Waals surface area contributed by atoms with E-state index in [0.29, 0.717) is 10.6 Å². The summed E-state index contributed by atoms with van der Waals surface area (Å²) in [6.07, 6.45) is 0.718. The highest BCUT2D eigenvalue weighted by molar-refractivity contribution is 6.30. The first-order valence-electron chi connectivity index (χ1n) is 3.39. The van der Waals surface area contributed by atoms with Crippen molar-refractivity contribution in [1.82, 2.24) is 0 Å². The molecule has 1 rings (SSSR count). The Balaban J connectivity index is 3.12. The van der Waals surface area contributed by atoms with Gasteiger partial charge < -0.3 is 0 Å². The highest BCUT2D eigenvalue weighted by atomic mass is 35.5. The molecule has 0 saturated heterocycles. The molecule has 0 atom stereocenters. The van der Waals surface area contributed by atoms with Crippen LogP contribution in [0.1, 0.15) is 5.56 Å². The van der Waals surface area contributed by atoms with Crippen LogP contribution in [0.15, 0.2) is 36.6 Å². The SMILES string of the molecule is C=C=C(C=O)c1ccc(Cl)cc1. The van der Waals surface area contributed by atoms with Gasteiger partial charge in [-0.3, -0.25) is 4.79 Å². The minimum Gasteiger partial charge on any atom is -0.297 e. The molecule has 0 aliphatic rings. The molecule has 1 aromatic rings. The Morgan fingerprint density at radius 3 is 2.42 bits per heavy atom. The van der Waals surface area contributed by atoms with Gasteiger partial charge in [0.2, 0.25) is 0 Å². The van der Waals surface area contributed by atoms with Crippen LogP contribution in [0.2, 0.25) is 5.02 Å². The predicted molar refractivity (Wildman–Crippen MR) is 50.1 cm³/mol. The fourth-order valence-corrected chi connectivity index (χ4v) is 0.967. The van der Waals surface area contributed by atoms with Crippen LogP contribution in [0, 0.1) is 0 Å². The summed E-state index contributed by atoms with van der Waals surface area (Å²) < 4.78 is 0. The van der Waals surface area contributed by atoms with Gasteiger partial charge in [-0.1, -0.05) is 30.3 Å². The van der Waals surface area contributed by atoms with E-state index in [4.69, 9.17) is 11.6 Å². The summed E-state index contributed by atoms with van der Waals surface area (Å²) in [4.78, 5) is 10.4. The standard InChI is InChI=1S/C10H7ClO/c1-2-8(7-12)9-3-5-10(11)6-4-9/h3-7H,1H2. The van der Waals surface area contributed by atoms with Gasteiger partial charge in [0, 0.05) is 5.02 Å². The lowest BCUT2D eigenvalue weighted by molar-refractivity contribution is -0.103. The van der Waals surface area contributed by atoms with Crippen LogP contribution in [0.5, 0.6) is 0 Å². The minimum atomic E-state index is 0.451. The van der Waals surface area contributed by atoms with Crippen LogP contribution >= 0.6 is 11.6 Å². The van der Waals surface area contributed by atoms with Gasteiger partial charge in [0.05, 0.1) is 5.57 Å². The number of carbonyl (C=O) groups is 1. The summed E-state index contributed by atoms with van der Waals surface area (Å²) in [5.74, 6) is 0. The van der Waals surface area contributed by atoms with Crippen molar-refractivity contribution in [2.75, 3.05) is 0 Å². The van der Waals surface area contributed by atoms with Gasteiger partial charge in [-0.15, -0.1) is 5.73 Å². The van der Waals surface area contributed by atoms with Gasteiger partial charge >= 0.3 is 0 Å². The molecule has 12 heavy (non-hydrogen) atoms. The third kappa shape index (κ3) is 1.85. The van der Waals surface area contributed by atoms with Crippen molar-refractivity contribution < 1.29 is 4.79 Å². The molecule has 0 radical (unpaired) electrons. The summed E-state index contributed by atoms with van der Waals surface area (Å²) in [6, 6.07) is 6.95. The molecule has 60 valence electrons. The second kappa shape index (κ2) is 3.91. The number of halogens is 1. The zero-order chi connectivity index (χ0) is 8.97.